The van der Waals surface area contributed by atoms with E-state index in [1.54, 1.807) is 18.3 Å². The summed E-state index contributed by atoms with van der Waals surface area (Å²) in [6.07, 6.45) is 2.10. The number of rotatable bonds is 7. The number of benzene rings is 3. The molecule has 3 aromatic carbocycles. The Hall–Kier alpha value is -4.32. The number of pyridine rings is 1. The Labute approximate surface area is 209 Å². The van der Waals surface area contributed by atoms with Crippen molar-refractivity contribution in [2.45, 2.75) is 33.4 Å². The first-order chi connectivity index (χ1) is 17.5. The van der Waals surface area contributed by atoms with E-state index in [0.717, 1.165) is 28.1 Å². The molecule has 0 aliphatic carbocycles. The molecule has 5 aromatic rings. The Kier molecular flexibility index (Phi) is 6.58. The van der Waals surface area contributed by atoms with E-state index in [1.807, 2.05) is 48.5 Å². The van der Waals surface area contributed by atoms with Crippen molar-refractivity contribution in [1.82, 2.24) is 19.9 Å². The maximum Gasteiger partial charge on any atom is 0.251 e. The van der Waals surface area contributed by atoms with Gasteiger partial charge in [-0.25, -0.2) is 9.37 Å². The second kappa shape index (κ2) is 10.1. The number of aromatic nitrogens is 3. The van der Waals surface area contributed by atoms with Crippen molar-refractivity contribution in [3.8, 4) is 0 Å². The van der Waals surface area contributed by atoms with Crippen LogP contribution >= 0.6 is 0 Å². The number of carbonyl (C=O) groups is 1. The molecule has 1 N–H and O–H groups in total. The number of imidazole rings is 1. The molecule has 0 saturated carbocycles. The van der Waals surface area contributed by atoms with Crippen LogP contribution in [0.4, 0.5) is 4.39 Å². The Morgan fingerprint density at radius 2 is 1.69 bits per heavy atom. The molecule has 180 valence electrons. The zero-order valence-corrected chi connectivity index (χ0v) is 20.3. The van der Waals surface area contributed by atoms with E-state index in [0.29, 0.717) is 30.6 Å². The SMILES string of the molecule is Cc1cc2nc(Cc3ccccc3F)n(Cc3ccc(C(=O)NCc4ccccn4)cc3)c2cc1C. The lowest BCUT2D eigenvalue weighted by molar-refractivity contribution is 0.0950. The van der Waals surface area contributed by atoms with Gasteiger partial charge in [-0.2, -0.15) is 0 Å². The zero-order chi connectivity index (χ0) is 25.1. The summed E-state index contributed by atoms with van der Waals surface area (Å²) in [5.74, 6) is 0.424. The normalized spacial score (nSPS) is 11.1. The summed E-state index contributed by atoms with van der Waals surface area (Å²) in [6, 6.07) is 24.2. The van der Waals surface area contributed by atoms with E-state index in [-0.39, 0.29) is 11.7 Å². The maximum absolute atomic E-state index is 14.4. The van der Waals surface area contributed by atoms with Crippen molar-refractivity contribution in [2.75, 3.05) is 0 Å². The predicted octanol–water partition coefficient (Wildman–Crippen LogP) is 5.76. The molecule has 0 atom stereocenters. The first kappa shape index (κ1) is 23.4. The van der Waals surface area contributed by atoms with E-state index in [9.17, 15) is 9.18 Å². The largest absolute Gasteiger partial charge is 0.346 e. The Morgan fingerprint density at radius 1 is 0.944 bits per heavy atom. The summed E-state index contributed by atoms with van der Waals surface area (Å²) in [6.45, 7) is 5.10. The molecule has 0 fully saturated rings. The zero-order valence-electron chi connectivity index (χ0n) is 20.3. The van der Waals surface area contributed by atoms with Crippen molar-refractivity contribution >= 4 is 16.9 Å². The number of fused-ring (bicyclic) bond motifs is 1. The monoisotopic (exact) mass is 478 g/mol. The van der Waals surface area contributed by atoms with Crippen LogP contribution in [-0.4, -0.2) is 20.4 Å². The molecule has 5 nitrogen and oxygen atoms in total. The van der Waals surface area contributed by atoms with Crippen LogP contribution in [0.25, 0.3) is 11.0 Å². The van der Waals surface area contributed by atoms with Crippen molar-refractivity contribution in [2.24, 2.45) is 0 Å². The summed E-state index contributed by atoms with van der Waals surface area (Å²) < 4.78 is 16.6. The van der Waals surface area contributed by atoms with Crippen LogP contribution in [-0.2, 0) is 19.5 Å². The summed E-state index contributed by atoms with van der Waals surface area (Å²) in [5, 5.41) is 2.91. The first-order valence-electron chi connectivity index (χ1n) is 11.9. The Morgan fingerprint density at radius 3 is 2.44 bits per heavy atom. The lowest BCUT2D eigenvalue weighted by Gasteiger charge is -2.12. The van der Waals surface area contributed by atoms with Gasteiger partial charge in [0, 0.05) is 24.7 Å². The number of nitrogens with zero attached hydrogens (tertiary/aromatic N) is 3. The maximum atomic E-state index is 14.4. The molecular formula is C30H27FN4O. The second-order valence-corrected chi connectivity index (χ2v) is 9.01. The van der Waals surface area contributed by atoms with Crippen molar-refractivity contribution in [3.63, 3.8) is 0 Å². The van der Waals surface area contributed by atoms with Gasteiger partial charge in [0.25, 0.3) is 5.91 Å². The molecule has 6 heteroatoms. The number of hydrogen-bond acceptors (Lipinski definition) is 3. The summed E-state index contributed by atoms with van der Waals surface area (Å²) in [5.41, 5.74) is 7.31. The first-order valence-corrected chi connectivity index (χ1v) is 11.9. The molecule has 0 unspecified atom stereocenters. The summed E-state index contributed by atoms with van der Waals surface area (Å²) in [7, 11) is 0. The Bertz CT molecular complexity index is 1520. The van der Waals surface area contributed by atoms with Gasteiger partial charge in [-0.1, -0.05) is 36.4 Å². The Balaban J connectivity index is 1.40. The van der Waals surface area contributed by atoms with E-state index >= 15 is 0 Å². The van der Waals surface area contributed by atoms with Gasteiger partial charge in [-0.3, -0.25) is 9.78 Å². The molecule has 0 bridgehead atoms. The third-order valence-electron chi connectivity index (χ3n) is 6.46. The van der Waals surface area contributed by atoms with E-state index in [4.69, 9.17) is 4.98 Å². The van der Waals surface area contributed by atoms with Crippen LogP contribution in [0.3, 0.4) is 0 Å². The van der Waals surface area contributed by atoms with Gasteiger partial charge in [0.2, 0.25) is 0 Å². The van der Waals surface area contributed by atoms with Crippen molar-refractivity contribution in [3.05, 3.63) is 130 Å². The highest BCUT2D eigenvalue weighted by Gasteiger charge is 2.15. The average molecular weight is 479 g/mol. The third-order valence-corrected chi connectivity index (χ3v) is 6.46. The summed E-state index contributed by atoms with van der Waals surface area (Å²) >= 11 is 0. The van der Waals surface area contributed by atoms with Gasteiger partial charge >= 0.3 is 0 Å². The molecule has 5 rings (SSSR count). The van der Waals surface area contributed by atoms with Gasteiger partial charge in [0.05, 0.1) is 23.3 Å². The number of halogens is 1. The number of amides is 1. The van der Waals surface area contributed by atoms with Crippen molar-refractivity contribution in [1.29, 1.82) is 0 Å². The smallest absolute Gasteiger partial charge is 0.251 e. The molecule has 2 aromatic heterocycles. The molecule has 0 aliphatic rings. The van der Waals surface area contributed by atoms with E-state index in [1.165, 1.54) is 17.2 Å². The summed E-state index contributed by atoms with van der Waals surface area (Å²) in [4.78, 5) is 21.7. The lowest BCUT2D eigenvalue weighted by atomic mass is 10.1. The van der Waals surface area contributed by atoms with Crippen LogP contribution in [0.15, 0.2) is 85.1 Å². The van der Waals surface area contributed by atoms with Crippen LogP contribution in [0.1, 0.15) is 44.1 Å². The highest BCUT2D eigenvalue weighted by atomic mass is 19.1. The van der Waals surface area contributed by atoms with Crippen LogP contribution < -0.4 is 5.32 Å². The van der Waals surface area contributed by atoms with Crippen LogP contribution in [0.5, 0.6) is 0 Å². The highest BCUT2D eigenvalue weighted by molar-refractivity contribution is 5.94. The molecule has 0 saturated heterocycles. The van der Waals surface area contributed by atoms with Gasteiger partial charge in [0.1, 0.15) is 11.6 Å². The number of carbonyl (C=O) groups excluding carboxylic acids is 1. The third kappa shape index (κ3) is 5.03. The van der Waals surface area contributed by atoms with Gasteiger partial charge in [-0.05, 0) is 78.6 Å². The van der Waals surface area contributed by atoms with Crippen LogP contribution in [0.2, 0.25) is 0 Å². The van der Waals surface area contributed by atoms with E-state index in [2.05, 4.69) is 40.8 Å². The number of hydrogen-bond donors (Lipinski definition) is 1. The topological polar surface area (TPSA) is 59.8 Å². The highest BCUT2D eigenvalue weighted by Crippen LogP contribution is 2.24. The van der Waals surface area contributed by atoms with Crippen molar-refractivity contribution < 1.29 is 9.18 Å². The van der Waals surface area contributed by atoms with Gasteiger partial charge < -0.3 is 9.88 Å². The molecule has 36 heavy (non-hydrogen) atoms. The standard InChI is InChI=1S/C30H27FN4O/c1-20-15-27-28(16-21(20)2)35(29(34-27)17-24-7-3-4-9-26(24)31)19-22-10-12-23(13-11-22)30(36)33-18-25-8-5-6-14-32-25/h3-16H,17-19H2,1-2H3,(H,33,36). The molecular weight excluding hydrogens is 451 g/mol. The molecule has 0 spiro atoms. The quantitative estimate of drug-likeness (QED) is 0.324. The fraction of sp³-hybridized carbons (Fsp3) is 0.167. The second-order valence-electron chi connectivity index (χ2n) is 9.01. The minimum absolute atomic E-state index is 0.147. The number of aryl methyl sites for hydroxylation is 2. The molecule has 1 amide bonds. The van der Waals surface area contributed by atoms with Crippen LogP contribution in [0, 0.1) is 19.7 Å². The fourth-order valence-electron chi connectivity index (χ4n) is 4.27. The molecule has 0 aliphatic heterocycles. The molecule has 0 radical (unpaired) electrons. The number of nitrogens with one attached hydrogen (secondary N) is 1. The predicted molar refractivity (Wildman–Crippen MR) is 139 cm³/mol. The lowest BCUT2D eigenvalue weighted by Crippen LogP contribution is -2.23. The molecule has 2 heterocycles. The fourth-order valence-corrected chi connectivity index (χ4v) is 4.27. The average Bonchev–Trinajstić information content (AvgIpc) is 3.20. The minimum atomic E-state index is -0.232. The minimum Gasteiger partial charge on any atom is -0.346 e. The van der Waals surface area contributed by atoms with E-state index < -0.39 is 0 Å². The van der Waals surface area contributed by atoms with Gasteiger partial charge in [0.15, 0.2) is 0 Å². The van der Waals surface area contributed by atoms with Gasteiger partial charge in [-0.15, -0.1) is 0 Å².